The van der Waals surface area contributed by atoms with Gasteiger partial charge in [0.15, 0.2) is 0 Å². The number of piperidine rings is 1. The fraction of sp³-hybridized carbons (Fsp3) is 0.632. The Balaban J connectivity index is 1.49. The van der Waals surface area contributed by atoms with Gasteiger partial charge in [0.2, 0.25) is 5.91 Å². The van der Waals surface area contributed by atoms with Crippen molar-refractivity contribution >= 4 is 5.91 Å². The number of nitrogens with zero attached hydrogens (tertiary/aromatic N) is 1. The number of halogens is 1. The molecule has 5 heteroatoms. The van der Waals surface area contributed by atoms with Gasteiger partial charge in [0, 0.05) is 25.2 Å². The molecule has 4 nitrogen and oxygen atoms in total. The molecule has 132 valence electrons. The van der Waals surface area contributed by atoms with Gasteiger partial charge in [-0.2, -0.15) is 0 Å². The molecule has 1 aliphatic heterocycles. The van der Waals surface area contributed by atoms with E-state index in [0.29, 0.717) is 19.0 Å². The maximum absolute atomic E-state index is 13.8. The molecule has 1 amide bonds. The highest BCUT2D eigenvalue weighted by Crippen LogP contribution is 2.27. The number of likely N-dealkylation sites (tertiary alicyclic amines) is 1. The van der Waals surface area contributed by atoms with Crippen molar-refractivity contribution in [1.29, 1.82) is 0 Å². The summed E-state index contributed by atoms with van der Waals surface area (Å²) in [6.45, 7) is 3.19. The van der Waals surface area contributed by atoms with Crippen molar-refractivity contribution in [3.8, 4) is 0 Å². The summed E-state index contributed by atoms with van der Waals surface area (Å²) in [6.07, 6.45) is 5.87. The van der Waals surface area contributed by atoms with Crippen LogP contribution in [0.15, 0.2) is 24.3 Å². The molecule has 1 aromatic rings. The molecule has 3 rings (SSSR count). The lowest BCUT2D eigenvalue weighted by Gasteiger charge is -2.33. The first kappa shape index (κ1) is 17.4. The van der Waals surface area contributed by atoms with E-state index in [1.807, 2.05) is 12.1 Å². The van der Waals surface area contributed by atoms with Gasteiger partial charge in [0.1, 0.15) is 5.82 Å². The fourth-order valence-electron chi connectivity index (χ4n) is 3.98. The average molecular weight is 333 g/mol. The number of carbonyl (C=O) groups is 1. The Morgan fingerprint density at radius 2 is 2.04 bits per heavy atom. The van der Waals surface area contributed by atoms with Gasteiger partial charge in [0.05, 0.1) is 5.54 Å². The van der Waals surface area contributed by atoms with Crippen LogP contribution in [0.3, 0.4) is 0 Å². The Kier molecular flexibility index (Phi) is 5.51. The third-order valence-electron chi connectivity index (χ3n) is 5.45. The lowest BCUT2D eigenvalue weighted by atomic mass is 9.95. The maximum atomic E-state index is 13.8. The Bertz CT molecular complexity index is 571. The minimum atomic E-state index is -0.651. The van der Waals surface area contributed by atoms with Crippen LogP contribution in [-0.2, 0) is 11.3 Å². The summed E-state index contributed by atoms with van der Waals surface area (Å²) in [5, 5.41) is 3.07. The van der Waals surface area contributed by atoms with Crippen molar-refractivity contribution in [2.45, 2.75) is 50.6 Å². The van der Waals surface area contributed by atoms with E-state index >= 15 is 0 Å². The number of amides is 1. The maximum Gasteiger partial charge on any atom is 0.240 e. The molecule has 0 radical (unpaired) electrons. The molecule has 1 aromatic carbocycles. The minimum absolute atomic E-state index is 0.00577. The molecule has 1 aliphatic carbocycles. The van der Waals surface area contributed by atoms with Crippen LogP contribution in [0.25, 0.3) is 0 Å². The SMILES string of the molecule is NC1(C(=O)NC[C@H]2CCCN(Cc3ccccc3F)C2)CCCC1. The Morgan fingerprint density at radius 1 is 1.29 bits per heavy atom. The van der Waals surface area contributed by atoms with Gasteiger partial charge in [-0.05, 0) is 44.2 Å². The van der Waals surface area contributed by atoms with Crippen LogP contribution >= 0.6 is 0 Å². The quantitative estimate of drug-likeness (QED) is 0.870. The predicted molar refractivity (Wildman–Crippen MR) is 92.8 cm³/mol. The van der Waals surface area contributed by atoms with Gasteiger partial charge in [-0.1, -0.05) is 31.0 Å². The molecule has 1 saturated heterocycles. The van der Waals surface area contributed by atoms with E-state index in [1.165, 1.54) is 6.07 Å². The number of nitrogens with two attached hydrogens (primary N) is 1. The Morgan fingerprint density at radius 3 is 2.79 bits per heavy atom. The first-order chi connectivity index (χ1) is 11.6. The topological polar surface area (TPSA) is 58.4 Å². The van der Waals surface area contributed by atoms with Crippen LogP contribution in [0, 0.1) is 11.7 Å². The molecular formula is C19H28FN3O. The third kappa shape index (κ3) is 4.14. The van der Waals surface area contributed by atoms with Gasteiger partial charge < -0.3 is 11.1 Å². The molecule has 0 bridgehead atoms. The van der Waals surface area contributed by atoms with Gasteiger partial charge in [-0.3, -0.25) is 9.69 Å². The molecule has 2 fully saturated rings. The second-order valence-corrected chi connectivity index (χ2v) is 7.41. The number of benzene rings is 1. The number of nitrogens with one attached hydrogen (secondary N) is 1. The zero-order valence-corrected chi connectivity index (χ0v) is 14.3. The van der Waals surface area contributed by atoms with Crippen molar-refractivity contribution in [1.82, 2.24) is 10.2 Å². The highest BCUT2D eigenvalue weighted by Gasteiger charge is 2.37. The van der Waals surface area contributed by atoms with Crippen molar-refractivity contribution < 1.29 is 9.18 Å². The number of carbonyl (C=O) groups excluding carboxylic acids is 1. The average Bonchev–Trinajstić information content (AvgIpc) is 3.03. The van der Waals surface area contributed by atoms with Gasteiger partial charge in [-0.25, -0.2) is 4.39 Å². The van der Waals surface area contributed by atoms with Crippen molar-refractivity contribution in [2.24, 2.45) is 11.7 Å². The van der Waals surface area contributed by atoms with Crippen LogP contribution < -0.4 is 11.1 Å². The number of hydrogen-bond acceptors (Lipinski definition) is 3. The van der Waals surface area contributed by atoms with Crippen molar-refractivity contribution in [3.05, 3.63) is 35.6 Å². The minimum Gasteiger partial charge on any atom is -0.354 e. The van der Waals surface area contributed by atoms with E-state index in [0.717, 1.165) is 57.2 Å². The Hall–Kier alpha value is -1.46. The molecule has 2 aliphatic rings. The first-order valence-corrected chi connectivity index (χ1v) is 9.10. The highest BCUT2D eigenvalue weighted by atomic mass is 19.1. The zero-order chi connectivity index (χ0) is 17.0. The largest absolute Gasteiger partial charge is 0.354 e. The summed E-state index contributed by atoms with van der Waals surface area (Å²) in [7, 11) is 0. The van der Waals surface area contributed by atoms with E-state index < -0.39 is 5.54 Å². The third-order valence-corrected chi connectivity index (χ3v) is 5.45. The summed E-state index contributed by atoms with van der Waals surface area (Å²) in [6, 6.07) is 6.96. The van der Waals surface area contributed by atoms with E-state index in [9.17, 15) is 9.18 Å². The fourth-order valence-corrected chi connectivity index (χ4v) is 3.98. The zero-order valence-electron chi connectivity index (χ0n) is 14.3. The van der Waals surface area contributed by atoms with Gasteiger partial charge >= 0.3 is 0 Å². The second-order valence-electron chi connectivity index (χ2n) is 7.41. The van der Waals surface area contributed by atoms with Crippen LogP contribution in [0.4, 0.5) is 4.39 Å². The van der Waals surface area contributed by atoms with E-state index in [2.05, 4.69) is 10.2 Å². The van der Waals surface area contributed by atoms with E-state index in [1.54, 1.807) is 6.07 Å². The molecule has 1 saturated carbocycles. The summed E-state index contributed by atoms with van der Waals surface area (Å²) in [5.41, 5.74) is 6.29. The van der Waals surface area contributed by atoms with E-state index in [4.69, 9.17) is 5.73 Å². The van der Waals surface area contributed by atoms with Crippen LogP contribution in [-0.4, -0.2) is 36.0 Å². The summed E-state index contributed by atoms with van der Waals surface area (Å²) >= 11 is 0. The molecule has 24 heavy (non-hydrogen) atoms. The summed E-state index contributed by atoms with van der Waals surface area (Å²) < 4.78 is 13.8. The molecular weight excluding hydrogens is 305 g/mol. The van der Waals surface area contributed by atoms with Crippen molar-refractivity contribution in [2.75, 3.05) is 19.6 Å². The molecule has 1 heterocycles. The molecule has 0 spiro atoms. The summed E-state index contributed by atoms with van der Waals surface area (Å²) in [5.74, 6) is 0.282. The van der Waals surface area contributed by atoms with Crippen LogP contribution in [0.5, 0.6) is 0 Å². The molecule has 0 aromatic heterocycles. The summed E-state index contributed by atoms with van der Waals surface area (Å²) in [4.78, 5) is 14.6. The molecule has 0 unspecified atom stereocenters. The molecule has 3 N–H and O–H groups in total. The standard InChI is InChI=1S/C19H28FN3O/c20-17-8-2-1-7-16(17)14-23-11-5-6-15(13-23)12-22-18(24)19(21)9-3-4-10-19/h1-2,7-8,15H,3-6,9-14,21H2,(H,22,24)/t15-/m1/s1. The smallest absolute Gasteiger partial charge is 0.240 e. The lowest BCUT2D eigenvalue weighted by molar-refractivity contribution is -0.126. The Labute approximate surface area is 143 Å². The van der Waals surface area contributed by atoms with E-state index in [-0.39, 0.29) is 11.7 Å². The van der Waals surface area contributed by atoms with Crippen molar-refractivity contribution in [3.63, 3.8) is 0 Å². The van der Waals surface area contributed by atoms with Crippen LogP contribution in [0.2, 0.25) is 0 Å². The lowest BCUT2D eigenvalue weighted by Crippen LogP contribution is -2.53. The highest BCUT2D eigenvalue weighted by molar-refractivity contribution is 5.86. The normalized spacial score (nSPS) is 24.0. The monoisotopic (exact) mass is 333 g/mol. The van der Waals surface area contributed by atoms with Gasteiger partial charge in [-0.15, -0.1) is 0 Å². The van der Waals surface area contributed by atoms with Gasteiger partial charge in [0.25, 0.3) is 0 Å². The number of hydrogen-bond donors (Lipinski definition) is 2. The first-order valence-electron chi connectivity index (χ1n) is 9.10. The second kappa shape index (κ2) is 7.62. The number of rotatable bonds is 5. The molecule has 1 atom stereocenters. The predicted octanol–water partition coefficient (Wildman–Crippen LogP) is 2.43. The van der Waals surface area contributed by atoms with Crippen LogP contribution in [0.1, 0.15) is 44.1 Å².